The molecule has 2 nitrogen and oxygen atoms in total. The zero-order chi connectivity index (χ0) is 16.3. The first-order valence-electron chi connectivity index (χ1n) is 6.17. The number of benzene rings is 2. The molecule has 22 heavy (non-hydrogen) atoms. The SMILES string of the molecule is O=C(Cc1ccc(Cl)cc1)Nc1ccc(Cl)cc1C(F)(F)F. The minimum absolute atomic E-state index is 0.0528. The van der Waals surface area contributed by atoms with Crippen molar-refractivity contribution in [3.05, 3.63) is 63.6 Å². The van der Waals surface area contributed by atoms with E-state index in [0.29, 0.717) is 10.6 Å². The van der Waals surface area contributed by atoms with Crippen molar-refractivity contribution in [2.24, 2.45) is 0 Å². The predicted molar refractivity (Wildman–Crippen MR) is 80.2 cm³/mol. The van der Waals surface area contributed by atoms with Gasteiger partial charge in [-0.2, -0.15) is 13.2 Å². The molecule has 1 amide bonds. The van der Waals surface area contributed by atoms with E-state index in [4.69, 9.17) is 23.2 Å². The number of carbonyl (C=O) groups excluding carboxylic acids is 1. The van der Waals surface area contributed by atoms with Crippen LogP contribution in [-0.2, 0) is 17.4 Å². The molecular weight excluding hydrogens is 338 g/mol. The van der Waals surface area contributed by atoms with Crippen LogP contribution in [0.25, 0.3) is 0 Å². The standard InChI is InChI=1S/C15H10Cl2F3NO/c16-10-3-1-9(2-4-10)7-14(22)21-13-6-5-11(17)8-12(13)15(18,19)20/h1-6,8H,7H2,(H,21,22). The molecule has 0 saturated heterocycles. The third-order valence-electron chi connectivity index (χ3n) is 2.84. The van der Waals surface area contributed by atoms with E-state index in [-0.39, 0.29) is 17.1 Å². The first kappa shape index (κ1) is 16.6. The molecule has 0 aliphatic carbocycles. The van der Waals surface area contributed by atoms with Crippen LogP contribution in [0.3, 0.4) is 0 Å². The Morgan fingerprint density at radius 3 is 2.18 bits per heavy atom. The van der Waals surface area contributed by atoms with E-state index in [2.05, 4.69) is 5.32 Å². The van der Waals surface area contributed by atoms with Crippen LogP contribution in [-0.4, -0.2) is 5.91 Å². The largest absolute Gasteiger partial charge is 0.418 e. The van der Waals surface area contributed by atoms with Gasteiger partial charge in [0.05, 0.1) is 17.7 Å². The van der Waals surface area contributed by atoms with E-state index in [0.717, 1.165) is 12.1 Å². The van der Waals surface area contributed by atoms with Crippen molar-refractivity contribution in [3.8, 4) is 0 Å². The predicted octanol–water partition coefficient (Wildman–Crippen LogP) is 5.19. The summed E-state index contributed by atoms with van der Waals surface area (Å²) >= 11 is 11.3. The number of nitrogens with one attached hydrogen (secondary N) is 1. The van der Waals surface area contributed by atoms with Crippen molar-refractivity contribution >= 4 is 34.8 Å². The minimum Gasteiger partial charge on any atom is -0.325 e. The number of anilines is 1. The maximum atomic E-state index is 12.9. The maximum absolute atomic E-state index is 12.9. The summed E-state index contributed by atoms with van der Waals surface area (Å²) in [5.74, 6) is -0.560. The quantitative estimate of drug-likeness (QED) is 0.812. The van der Waals surface area contributed by atoms with Gasteiger partial charge < -0.3 is 5.32 Å². The van der Waals surface area contributed by atoms with Crippen LogP contribution in [0, 0.1) is 0 Å². The maximum Gasteiger partial charge on any atom is 0.418 e. The monoisotopic (exact) mass is 347 g/mol. The minimum atomic E-state index is -4.60. The van der Waals surface area contributed by atoms with Gasteiger partial charge in [-0.1, -0.05) is 35.3 Å². The molecule has 7 heteroatoms. The first-order valence-corrected chi connectivity index (χ1v) is 6.92. The van der Waals surface area contributed by atoms with E-state index < -0.39 is 17.6 Å². The molecule has 0 radical (unpaired) electrons. The molecule has 0 unspecified atom stereocenters. The molecule has 0 heterocycles. The Morgan fingerprint density at radius 2 is 1.59 bits per heavy atom. The van der Waals surface area contributed by atoms with Crippen LogP contribution >= 0.6 is 23.2 Å². The van der Waals surface area contributed by atoms with Gasteiger partial charge in [0.1, 0.15) is 0 Å². The summed E-state index contributed by atoms with van der Waals surface area (Å²) < 4.78 is 38.8. The van der Waals surface area contributed by atoms with Crippen molar-refractivity contribution in [1.82, 2.24) is 0 Å². The molecule has 0 spiro atoms. The highest BCUT2D eigenvalue weighted by molar-refractivity contribution is 6.31. The topological polar surface area (TPSA) is 29.1 Å². The average molecular weight is 348 g/mol. The van der Waals surface area contributed by atoms with E-state index in [9.17, 15) is 18.0 Å². The van der Waals surface area contributed by atoms with Gasteiger partial charge in [0.25, 0.3) is 0 Å². The lowest BCUT2D eigenvalue weighted by Gasteiger charge is -2.14. The number of carbonyl (C=O) groups is 1. The Morgan fingerprint density at radius 1 is 1.00 bits per heavy atom. The van der Waals surface area contributed by atoms with E-state index in [1.54, 1.807) is 24.3 Å². The summed E-state index contributed by atoms with van der Waals surface area (Å²) in [5.41, 5.74) is -0.662. The van der Waals surface area contributed by atoms with E-state index >= 15 is 0 Å². The van der Waals surface area contributed by atoms with Gasteiger partial charge in [-0.15, -0.1) is 0 Å². The average Bonchev–Trinajstić information content (AvgIpc) is 2.42. The number of halogens is 5. The second kappa shape index (κ2) is 6.58. The molecule has 0 aliphatic rings. The third kappa shape index (κ3) is 4.39. The van der Waals surface area contributed by atoms with Crippen molar-refractivity contribution < 1.29 is 18.0 Å². The summed E-state index contributed by atoms with van der Waals surface area (Å²) in [5, 5.41) is 2.72. The molecule has 0 saturated carbocycles. The van der Waals surface area contributed by atoms with Gasteiger partial charge >= 0.3 is 6.18 Å². The van der Waals surface area contributed by atoms with Crippen molar-refractivity contribution in [2.75, 3.05) is 5.32 Å². The molecule has 1 N–H and O–H groups in total. The van der Waals surface area contributed by atoms with Crippen LogP contribution in [0.1, 0.15) is 11.1 Å². The second-order valence-corrected chi connectivity index (χ2v) is 5.41. The Labute approximate surface area is 134 Å². The fourth-order valence-electron chi connectivity index (χ4n) is 1.84. The van der Waals surface area contributed by atoms with Gasteiger partial charge in [0, 0.05) is 10.0 Å². The Hall–Kier alpha value is -1.72. The molecule has 0 fully saturated rings. The number of amides is 1. The highest BCUT2D eigenvalue weighted by Gasteiger charge is 2.34. The molecule has 0 bridgehead atoms. The normalized spacial score (nSPS) is 11.3. The number of hydrogen-bond acceptors (Lipinski definition) is 1. The number of alkyl halides is 3. The third-order valence-corrected chi connectivity index (χ3v) is 3.33. The number of hydrogen-bond donors (Lipinski definition) is 1. The van der Waals surface area contributed by atoms with Gasteiger partial charge in [-0.25, -0.2) is 0 Å². The second-order valence-electron chi connectivity index (χ2n) is 4.54. The molecular formula is C15H10Cl2F3NO. The van der Waals surface area contributed by atoms with Gasteiger partial charge in [-0.05, 0) is 35.9 Å². The lowest BCUT2D eigenvalue weighted by Crippen LogP contribution is -2.18. The van der Waals surface area contributed by atoms with Crippen LogP contribution in [0.5, 0.6) is 0 Å². The fourth-order valence-corrected chi connectivity index (χ4v) is 2.14. The first-order chi connectivity index (χ1) is 10.3. The van der Waals surface area contributed by atoms with Crippen molar-refractivity contribution in [3.63, 3.8) is 0 Å². The smallest absolute Gasteiger partial charge is 0.325 e. The molecule has 0 atom stereocenters. The van der Waals surface area contributed by atoms with Crippen LogP contribution in [0.15, 0.2) is 42.5 Å². The molecule has 0 aromatic heterocycles. The zero-order valence-corrected chi connectivity index (χ0v) is 12.6. The molecule has 0 aliphatic heterocycles. The lowest BCUT2D eigenvalue weighted by atomic mass is 10.1. The van der Waals surface area contributed by atoms with Crippen molar-refractivity contribution in [2.45, 2.75) is 12.6 Å². The van der Waals surface area contributed by atoms with Crippen LogP contribution in [0.2, 0.25) is 10.0 Å². The van der Waals surface area contributed by atoms with Crippen molar-refractivity contribution in [1.29, 1.82) is 0 Å². The molecule has 116 valence electrons. The highest BCUT2D eigenvalue weighted by Crippen LogP contribution is 2.36. The van der Waals surface area contributed by atoms with Crippen LogP contribution < -0.4 is 5.32 Å². The van der Waals surface area contributed by atoms with E-state index in [1.807, 2.05) is 0 Å². The zero-order valence-electron chi connectivity index (χ0n) is 11.0. The van der Waals surface area contributed by atoms with E-state index in [1.165, 1.54) is 6.07 Å². The Balaban J connectivity index is 2.16. The summed E-state index contributed by atoms with van der Waals surface area (Å²) in [4.78, 5) is 11.9. The van der Waals surface area contributed by atoms with Crippen LogP contribution in [0.4, 0.5) is 18.9 Å². The summed E-state index contributed by atoms with van der Waals surface area (Å²) in [7, 11) is 0. The summed E-state index contributed by atoms with van der Waals surface area (Å²) in [6.45, 7) is 0. The Bertz CT molecular complexity index is 684. The lowest BCUT2D eigenvalue weighted by molar-refractivity contribution is -0.137. The van der Waals surface area contributed by atoms with Gasteiger partial charge in [0.2, 0.25) is 5.91 Å². The summed E-state index contributed by atoms with van der Waals surface area (Å²) in [6, 6.07) is 9.67. The molecule has 2 aromatic rings. The highest BCUT2D eigenvalue weighted by atomic mass is 35.5. The van der Waals surface area contributed by atoms with Gasteiger partial charge in [-0.3, -0.25) is 4.79 Å². The number of rotatable bonds is 3. The molecule has 2 rings (SSSR count). The fraction of sp³-hybridized carbons (Fsp3) is 0.133. The van der Waals surface area contributed by atoms with Gasteiger partial charge in [0.15, 0.2) is 0 Å². The summed E-state index contributed by atoms with van der Waals surface area (Å²) in [6.07, 6.45) is -4.66. The Kier molecular flexibility index (Phi) is 4.98. The molecule has 2 aromatic carbocycles.